The molecule has 2 heterocycles. The molecule has 2 atom stereocenters. The number of thiol groups is 2. The van der Waals surface area contributed by atoms with Crippen LogP contribution in [-0.2, 0) is 57.6 Å². The summed E-state index contributed by atoms with van der Waals surface area (Å²) >= 11 is 13.3. The summed E-state index contributed by atoms with van der Waals surface area (Å²) in [7, 11) is 0. The predicted octanol–water partition coefficient (Wildman–Crippen LogP) is 28.1. The standard InChI is InChI=1S/C24H44O2S.2C22H42OS.C19H39N.C11H18BrN3O3.C8H9NO5S.H3NO/c1-22(25)27-21-24(26)20-23-18-16-14-12-10-8-6-4-2-3-5-7-9-11-13-15-17-19-23;2*23-22(20-24)19-21-17-15-13-11-9-7-5-3-1-2-4-6-8-10-12-14-16-18-21;20-19-17-15-13-11-9-7-5-3-1-2-4-6-8-10-12-14-16-18-19;1-2-8(11(13)18)15-6-7(3-10(15)17)5-14-9(16)4-12;1-5(10)15-4-8(13)14-9-6(11)2-3-7(9)12;1-2/h23H,2-21H2,1H3;2*21,24H,1-20H2;19H,1-18,20H2;7-8H,2-6H2,1H3,(H2,13,18)(H,14,16);2-4H2,1H3;2H,1H2/t;;;;7?,8-;;/m....1../s1. The minimum atomic E-state index is -0.779. The lowest BCUT2D eigenvalue weighted by atomic mass is 9.90. The van der Waals surface area contributed by atoms with E-state index in [0.29, 0.717) is 90.0 Å². The van der Waals surface area contributed by atoms with Crippen molar-refractivity contribution in [3.63, 3.8) is 0 Å². The van der Waals surface area contributed by atoms with Gasteiger partial charge >= 0.3 is 5.97 Å². The molecule has 19 nitrogen and oxygen atoms in total. The van der Waals surface area contributed by atoms with Crippen molar-refractivity contribution in [2.24, 2.45) is 41.0 Å². The molecule has 0 radical (unpaired) electrons. The number of hydrogen-bond acceptors (Lipinski definition) is 19. The number of hydrogen-bond donors (Lipinski definition) is 7. The molecule has 4 aliphatic carbocycles. The van der Waals surface area contributed by atoms with E-state index in [2.05, 4.69) is 57.2 Å². The minimum absolute atomic E-state index is 0.0499. The van der Waals surface area contributed by atoms with Crippen LogP contribution < -0.4 is 22.7 Å². The van der Waals surface area contributed by atoms with E-state index in [0.717, 1.165) is 24.6 Å². The van der Waals surface area contributed by atoms with E-state index in [1.165, 1.54) is 486 Å². The van der Waals surface area contributed by atoms with E-state index < -0.39 is 29.7 Å². The molecule has 8 N–H and O–H groups in total. The van der Waals surface area contributed by atoms with Crippen LogP contribution in [-0.4, -0.2) is 132 Å². The number of rotatable bonds is 19. The number of thioether (sulfide) groups is 2. The van der Waals surface area contributed by atoms with Crippen molar-refractivity contribution in [1.29, 1.82) is 0 Å². The summed E-state index contributed by atoms with van der Waals surface area (Å²) in [6, 6.07) is -0.0496. The first-order valence-electron chi connectivity index (χ1n) is 53.8. The first-order chi connectivity index (χ1) is 63.2. The molecular formula is C106H197BrN6O13S4. The highest BCUT2D eigenvalue weighted by Crippen LogP contribution is 2.30. The van der Waals surface area contributed by atoms with Crippen LogP contribution in [0.1, 0.15) is 528 Å². The first-order valence-corrected chi connectivity index (χ1v) is 58.1. The number of Topliss-reactive ketones (excluding diaryl/α,β-unsaturated/α-hetero) is 3. The number of nitrogens with zero attached hydrogens (tertiary/aromatic N) is 2. The molecule has 6 aliphatic rings. The van der Waals surface area contributed by atoms with Gasteiger partial charge in [0, 0.05) is 88.9 Å². The zero-order chi connectivity index (χ0) is 95.6. The quantitative estimate of drug-likeness (QED) is 0.0273. The van der Waals surface area contributed by atoms with Crippen LogP contribution in [0, 0.1) is 23.7 Å². The minimum Gasteiger partial charge on any atom is -0.368 e. The zero-order valence-corrected chi connectivity index (χ0v) is 88.3. The molecule has 6 fully saturated rings. The number of primary amides is 1. The van der Waals surface area contributed by atoms with E-state index >= 15 is 0 Å². The van der Waals surface area contributed by atoms with Crippen LogP contribution >= 0.6 is 64.7 Å². The van der Waals surface area contributed by atoms with Crippen molar-refractivity contribution in [2.45, 2.75) is 540 Å². The van der Waals surface area contributed by atoms with Crippen molar-refractivity contribution < 1.29 is 62.8 Å². The molecule has 0 aromatic carbocycles. The Bertz CT molecular complexity index is 2630. The molecule has 0 bridgehead atoms. The maximum atomic E-state index is 12.2. The molecule has 5 amide bonds. The molecule has 4 saturated carbocycles. The molecule has 0 aromatic rings. The fraction of sp³-hybridized carbons (Fsp3) is 0.896. The summed E-state index contributed by atoms with van der Waals surface area (Å²) in [6.45, 7) is 5.61. The van der Waals surface area contributed by atoms with Gasteiger partial charge in [-0.05, 0) is 37.0 Å². The number of alkyl halides is 1. The monoisotopic (exact) mass is 1970 g/mol. The molecule has 24 heteroatoms. The van der Waals surface area contributed by atoms with Gasteiger partial charge in [-0.2, -0.15) is 25.3 Å². The summed E-state index contributed by atoms with van der Waals surface area (Å²) in [4.78, 5) is 131. The third-order valence-corrected chi connectivity index (χ3v) is 29.7. The Morgan fingerprint density at radius 3 is 0.854 bits per heavy atom. The number of imide groups is 1. The number of carbonyl (C=O) groups excluding carboxylic acids is 11. The third kappa shape index (κ3) is 82.2. The fourth-order valence-electron chi connectivity index (χ4n) is 18.9. The Hall–Kier alpha value is -2.87. The number of likely N-dealkylation sites (tertiary alicyclic amines) is 1. The lowest BCUT2D eigenvalue weighted by molar-refractivity contribution is -0.195. The summed E-state index contributed by atoms with van der Waals surface area (Å²) in [5, 5.41) is 9.76. The second-order valence-electron chi connectivity index (χ2n) is 38.8. The summed E-state index contributed by atoms with van der Waals surface area (Å²) in [6.07, 6.45) is 104. The van der Waals surface area contributed by atoms with Gasteiger partial charge < -0.3 is 31.7 Å². The van der Waals surface area contributed by atoms with Crippen molar-refractivity contribution in [1.82, 2.24) is 15.3 Å². The van der Waals surface area contributed by atoms with Gasteiger partial charge in [0.25, 0.3) is 11.8 Å². The molecule has 2 aliphatic heterocycles. The van der Waals surface area contributed by atoms with Crippen LogP contribution in [0.3, 0.4) is 0 Å². The Morgan fingerprint density at radius 1 is 0.385 bits per heavy atom. The van der Waals surface area contributed by atoms with Gasteiger partial charge in [0.2, 0.25) is 17.7 Å². The highest BCUT2D eigenvalue weighted by Gasteiger charge is 2.36. The van der Waals surface area contributed by atoms with Crippen LogP contribution in [0.4, 0.5) is 0 Å². The van der Waals surface area contributed by atoms with Gasteiger partial charge in [0.05, 0.1) is 11.1 Å². The van der Waals surface area contributed by atoms with Gasteiger partial charge in [-0.25, -0.2) is 10.7 Å². The van der Waals surface area contributed by atoms with Crippen LogP contribution in [0.5, 0.6) is 0 Å². The molecule has 1 unspecified atom stereocenters. The zero-order valence-electron chi connectivity index (χ0n) is 83.3. The molecule has 760 valence electrons. The van der Waals surface area contributed by atoms with Crippen LogP contribution in [0.15, 0.2) is 0 Å². The third-order valence-electron chi connectivity index (χ3n) is 26.8. The molecule has 6 rings (SSSR count). The van der Waals surface area contributed by atoms with E-state index in [1.54, 1.807) is 6.92 Å². The van der Waals surface area contributed by atoms with E-state index in [-0.39, 0.29) is 57.7 Å². The average molecular weight is 1970 g/mol. The Kier molecular flexibility index (Phi) is 93.0. The second-order valence-corrected chi connectivity index (χ2v) is 42.3. The topological polar surface area (TPSA) is 314 Å². The highest BCUT2D eigenvalue weighted by molar-refractivity contribution is 9.09. The lowest BCUT2D eigenvalue weighted by Gasteiger charge is -2.24. The fourth-order valence-corrected chi connectivity index (χ4v) is 20.2. The number of hydroxylamine groups is 2. The predicted molar refractivity (Wildman–Crippen MR) is 557 cm³/mol. The maximum Gasteiger partial charge on any atom is 0.343 e. The van der Waals surface area contributed by atoms with E-state index in [9.17, 15) is 52.7 Å². The second kappa shape index (κ2) is 95.1. The molecule has 2 saturated heterocycles. The van der Waals surface area contributed by atoms with Crippen molar-refractivity contribution >= 4 is 128 Å². The lowest BCUT2D eigenvalue weighted by Crippen LogP contribution is -2.45. The Balaban J connectivity index is 0.00000154. The molecular weight excluding hydrogens is 1770 g/mol. The molecule has 130 heavy (non-hydrogen) atoms. The number of halogens is 1. The van der Waals surface area contributed by atoms with Gasteiger partial charge in [-0.3, -0.25) is 47.9 Å². The number of ketones is 3. The SMILES string of the molecule is CC(=O)SCC(=O)CC1CCCCCCCCCCCCCCCCCC1.CC(=O)SCC(=O)ON1C(=O)CCC1=O.CC[C@H](C(N)=O)N1CC(CNC(=O)CBr)CC1=O.NC1CCCCCCCCCCCCCCCCCC1.NO.O=C(CS)CC1CCCCCCCCCCCCCCCCCC1.O=C(CS)CC1CCCCCCCCCCCCCCCCCC1. The largest absolute Gasteiger partial charge is 0.368 e. The van der Waals surface area contributed by atoms with Gasteiger partial charge in [0.1, 0.15) is 29.1 Å². The van der Waals surface area contributed by atoms with Crippen molar-refractivity contribution in [3.8, 4) is 0 Å². The number of nitrogens with one attached hydrogen (secondary N) is 1. The summed E-state index contributed by atoms with van der Waals surface area (Å²) in [5.74, 6) is 4.88. The normalized spacial score (nSPS) is 21.1. The smallest absolute Gasteiger partial charge is 0.343 e. The highest BCUT2D eigenvalue weighted by atomic mass is 79.9. The number of carbonyl (C=O) groups is 11. The molecule has 0 spiro atoms. The Labute approximate surface area is 822 Å². The summed E-state index contributed by atoms with van der Waals surface area (Å²) in [5.41, 5.74) is 11.5. The van der Waals surface area contributed by atoms with Crippen molar-refractivity contribution in [2.75, 3.05) is 41.4 Å². The number of amides is 5. The van der Waals surface area contributed by atoms with E-state index in [4.69, 9.17) is 16.7 Å². The summed E-state index contributed by atoms with van der Waals surface area (Å²) < 4.78 is 0. The molecule has 0 aromatic heterocycles. The maximum absolute atomic E-state index is 12.2. The average Bonchev–Trinajstić information content (AvgIpc) is 1.70. The first kappa shape index (κ1) is 127. The van der Waals surface area contributed by atoms with Gasteiger partial charge in [-0.15, -0.1) is 5.06 Å². The van der Waals surface area contributed by atoms with Gasteiger partial charge in [-0.1, -0.05) is 496 Å². The van der Waals surface area contributed by atoms with Crippen molar-refractivity contribution in [3.05, 3.63) is 0 Å². The van der Waals surface area contributed by atoms with Crippen LogP contribution in [0.25, 0.3) is 0 Å². The van der Waals surface area contributed by atoms with Gasteiger partial charge in [0.15, 0.2) is 10.2 Å². The van der Waals surface area contributed by atoms with Crippen LogP contribution in [0.2, 0.25) is 0 Å². The number of nitrogens with two attached hydrogens (primary N) is 3. The Morgan fingerprint density at radius 2 is 0.623 bits per heavy atom. The van der Waals surface area contributed by atoms with E-state index in [1.807, 2.05) is 6.92 Å².